The fourth-order valence-electron chi connectivity index (χ4n) is 3.75. The molecule has 0 aliphatic carbocycles. The molecule has 0 spiro atoms. The van der Waals surface area contributed by atoms with Gasteiger partial charge in [0.1, 0.15) is 5.82 Å². The predicted octanol–water partition coefficient (Wildman–Crippen LogP) is 2.89. The van der Waals surface area contributed by atoms with Crippen molar-refractivity contribution in [3.8, 4) is 0 Å². The van der Waals surface area contributed by atoms with Crippen LogP contribution in [0, 0.1) is 5.82 Å². The van der Waals surface area contributed by atoms with Crippen molar-refractivity contribution in [1.82, 2.24) is 14.7 Å². The van der Waals surface area contributed by atoms with Gasteiger partial charge in [0.2, 0.25) is 0 Å². The van der Waals surface area contributed by atoms with E-state index in [0.717, 1.165) is 44.0 Å². The van der Waals surface area contributed by atoms with E-state index in [1.807, 2.05) is 11.0 Å². The minimum Gasteiger partial charge on any atom is -0.335 e. The average Bonchev–Trinajstić information content (AvgIpc) is 3.30. The number of carbonyl (C=O) groups is 1. The lowest BCUT2D eigenvalue weighted by Crippen LogP contribution is -2.50. The SMILES string of the molecule is O=C(c1cc2c(F)cccc2s1)N1CCN(CCN2CCCC2)CC1. The summed E-state index contributed by atoms with van der Waals surface area (Å²) in [6.45, 7) is 8.09. The molecule has 2 saturated heterocycles. The number of thiophene rings is 1. The van der Waals surface area contributed by atoms with Gasteiger partial charge in [0.05, 0.1) is 4.88 Å². The Kier molecular flexibility index (Phi) is 5.01. The van der Waals surface area contributed by atoms with Crippen LogP contribution in [0.2, 0.25) is 0 Å². The summed E-state index contributed by atoms with van der Waals surface area (Å²) in [5.74, 6) is -0.209. The Bertz CT molecular complexity index is 748. The number of carbonyl (C=O) groups excluding carboxylic acids is 1. The third-order valence-electron chi connectivity index (χ3n) is 5.31. The minimum absolute atomic E-state index is 0.0415. The van der Waals surface area contributed by atoms with Gasteiger partial charge in [0.25, 0.3) is 5.91 Å². The van der Waals surface area contributed by atoms with Crippen molar-refractivity contribution in [3.05, 3.63) is 35.0 Å². The van der Waals surface area contributed by atoms with Gasteiger partial charge in [-0.15, -0.1) is 11.3 Å². The molecule has 3 heterocycles. The van der Waals surface area contributed by atoms with Gasteiger partial charge in [-0.25, -0.2) is 4.39 Å². The third kappa shape index (κ3) is 3.71. The number of amides is 1. The molecule has 0 N–H and O–H groups in total. The number of nitrogens with zero attached hydrogens (tertiary/aromatic N) is 3. The number of hydrogen-bond acceptors (Lipinski definition) is 4. The fraction of sp³-hybridized carbons (Fsp3) is 0.526. The molecule has 2 aromatic rings. The number of piperazine rings is 1. The van der Waals surface area contributed by atoms with Crippen LogP contribution in [0.4, 0.5) is 4.39 Å². The first kappa shape index (κ1) is 16.9. The first-order valence-electron chi connectivity index (χ1n) is 9.13. The zero-order chi connectivity index (χ0) is 17.2. The fourth-order valence-corrected chi connectivity index (χ4v) is 4.79. The van der Waals surface area contributed by atoms with Crippen molar-refractivity contribution in [1.29, 1.82) is 0 Å². The van der Waals surface area contributed by atoms with Crippen LogP contribution in [0.15, 0.2) is 24.3 Å². The molecule has 2 fully saturated rings. The van der Waals surface area contributed by atoms with Crippen LogP contribution in [0.3, 0.4) is 0 Å². The van der Waals surface area contributed by atoms with E-state index < -0.39 is 0 Å². The van der Waals surface area contributed by atoms with E-state index in [1.165, 1.54) is 43.3 Å². The molecule has 1 aromatic heterocycles. The zero-order valence-corrected chi connectivity index (χ0v) is 15.2. The second-order valence-corrected chi connectivity index (χ2v) is 8.03. The van der Waals surface area contributed by atoms with Crippen LogP contribution in [-0.2, 0) is 0 Å². The van der Waals surface area contributed by atoms with Crippen LogP contribution in [-0.4, -0.2) is 73.0 Å². The first-order chi connectivity index (χ1) is 12.2. The molecule has 1 amide bonds. The van der Waals surface area contributed by atoms with Crippen LogP contribution >= 0.6 is 11.3 Å². The van der Waals surface area contributed by atoms with Crippen molar-refractivity contribution >= 4 is 27.3 Å². The summed E-state index contributed by atoms with van der Waals surface area (Å²) < 4.78 is 14.7. The lowest BCUT2D eigenvalue weighted by Gasteiger charge is -2.35. The summed E-state index contributed by atoms with van der Waals surface area (Å²) in [7, 11) is 0. The van der Waals surface area contributed by atoms with E-state index in [9.17, 15) is 9.18 Å². The minimum atomic E-state index is -0.250. The molecule has 4 rings (SSSR count). The maximum atomic E-state index is 13.8. The van der Waals surface area contributed by atoms with Gasteiger partial charge in [0.15, 0.2) is 0 Å². The number of rotatable bonds is 4. The van der Waals surface area contributed by atoms with E-state index in [2.05, 4.69) is 9.80 Å². The van der Waals surface area contributed by atoms with E-state index in [-0.39, 0.29) is 11.7 Å². The molecule has 0 atom stereocenters. The molecule has 0 saturated carbocycles. The van der Waals surface area contributed by atoms with Gasteiger partial charge >= 0.3 is 0 Å². The van der Waals surface area contributed by atoms with E-state index >= 15 is 0 Å². The van der Waals surface area contributed by atoms with Gasteiger partial charge in [0, 0.05) is 49.4 Å². The summed E-state index contributed by atoms with van der Waals surface area (Å²) in [5, 5.41) is 0.556. The lowest BCUT2D eigenvalue weighted by atomic mass is 10.2. The number of likely N-dealkylation sites (tertiary alicyclic amines) is 1. The lowest BCUT2D eigenvalue weighted by molar-refractivity contribution is 0.0631. The quantitative estimate of drug-likeness (QED) is 0.838. The molecular formula is C19H24FN3OS. The van der Waals surface area contributed by atoms with Crippen LogP contribution in [0.1, 0.15) is 22.5 Å². The van der Waals surface area contributed by atoms with Crippen molar-refractivity contribution in [2.24, 2.45) is 0 Å². The Labute approximate surface area is 151 Å². The molecule has 1 aromatic carbocycles. The van der Waals surface area contributed by atoms with Gasteiger partial charge in [-0.2, -0.15) is 0 Å². The maximum absolute atomic E-state index is 13.8. The van der Waals surface area contributed by atoms with Gasteiger partial charge < -0.3 is 9.80 Å². The Morgan fingerprint density at radius 3 is 2.36 bits per heavy atom. The summed E-state index contributed by atoms with van der Waals surface area (Å²) in [5.41, 5.74) is 0. The van der Waals surface area contributed by atoms with E-state index in [1.54, 1.807) is 12.1 Å². The monoisotopic (exact) mass is 361 g/mol. The maximum Gasteiger partial charge on any atom is 0.264 e. The molecular weight excluding hydrogens is 337 g/mol. The Morgan fingerprint density at radius 2 is 1.68 bits per heavy atom. The van der Waals surface area contributed by atoms with Crippen LogP contribution < -0.4 is 0 Å². The third-order valence-corrected chi connectivity index (χ3v) is 6.40. The molecule has 2 aliphatic heterocycles. The van der Waals surface area contributed by atoms with Gasteiger partial charge in [-0.05, 0) is 44.1 Å². The highest BCUT2D eigenvalue weighted by molar-refractivity contribution is 7.20. The highest BCUT2D eigenvalue weighted by atomic mass is 32.1. The van der Waals surface area contributed by atoms with E-state index in [4.69, 9.17) is 0 Å². The van der Waals surface area contributed by atoms with E-state index in [0.29, 0.717) is 10.3 Å². The summed E-state index contributed by atoms with van der Waals surface area (Å²) in [6.07, 6.45) is 2.66. The number of hydrogen-bond donors (Lipinski definition) is 0. The molecule has 4 nitrogen and oxygen atoms in total. The Hall–Kier alpha value is -1.50. The van der Waals surface area contributed by atoms with Crippen molar-refractivity contribution in [2.75, 3.05) is 52.4 Å². The van der Waals surface area contributed by atoms with Crippen molar-refractivity contribution < 1.29 is 9.18 Å². The largest absolute Gasteiger partial charge is 0.335 e. The highest BCUT2D eigenvalue weighted by Crippen LogP contribution is 2.28. The zero-order valence-electron chi connectivity index (χ0n) is 14.4. The molecule has 0 bridgehead atoms. The predicted molar refractivity (Wildman–Crippen MR) is 99.8 cm³/mol. The summed E-state index contributed by atoms with van der Waals surface area (Å²) >= 11 is 1.39. The van der Waals surface area contributed by atoms with Gasteiger partial charge in [-0.3, -0.25) is 9.69 Å². The Morgan fingerprint density at radius 1 is 1.00 bits per heavy atom. The topological polar surface area (TPSA) is 26.8 Å². The molecule has 0 radical (unpaired) electrons. The Balaban J connectivity index is 1.33. The second kappa shape index (κ2) is 7.40. The van der Waals surface area contributed by atoms with Crippen LogP contribution in [0.5, 0.6) is 0 Å². The molecule has 25 heavy (non-hydrogen) atoms. The molecule has 134 valence electrons. The summed E-state index contributed by atoms with van der Waals surface area (Å²) in [6, 6.07) is 6.72. The normalized spacial score (nSPS) is 19.8. The smallest absolute Gasteiger partial charge is 0.264 e. The molecule has 6 heteroatoms. The number of fused-ring (bicyclic) bond motifs is 1. The standard InChI is InChI=1S/C19H24FN3OS/c20-16-4-3-5-17-15(16)14-18(25-17)19(24)23-12-10-22(11-13-23)9-8-21-6-1-2-7-21/h3-5,14H,1-2,6-13H2. The first-order valence-corrected chi connectivity index (χ1v) is 9.94. The molecule has 2 aliphatic rings. The number of halogens is 1. The molecule has 0 unspecified atom stereocenters. The van der Waals surface area contributed by atoms with Gasteiger partial charge in [-0.1, -0.05) is 6.07 Å². The van der Waals surface area contributed by atoms with Crippen molar-refractivity contribution in [2.45, 2.75) is 12.8 Å². The van der Waals surface area contributed by atoms with Crippen molar-refractivity contribution in [3.63, 3.8) is 0 Å². The van der Waals surface area contributed by atoms with Crippen LogP contribution in [0.25, 0.3) is 10.1 Å². The highest BCUT2D eigenvalue weighted by Gasteiger charge is 2.24. The summed E-state index contributed by atoms with van der Waals surface area (Å²) in [4.78, 5) is 20.3. The second-order valence-electron chi connectivity index (χ2n) is 6.94. The average molecular weight is 361 g/mol. The number of benzene rings is 1.